The van der Waals surface area contributed by atoms with Crippen LogP contribution in [0.1, 0.15) is 0 Å². The van der Waals surface area contributed by atoms with Crippen LogP contribution in [-0.2, 0) is 0 Å². The van der Waals surface area contributed by atoms with Gasteiger partial charge in [0.15, 0.2) is 0 Å². The van der Waals surface area contributed by atoms with Gasteiger partial charge < -0.3 is 0 Å². The molecule has 0 spiro atoms. The Balaban J connectivity index is 1.46. The van der Waals surface area contributed by atoms with Crippen LogP contribution in [0.5, 0.6) is 11.5 Å². The van der Waals surface area contributed by atoms with Crippen LogP contribution >= 0.6 is 28.0 Å². The molecule has 11 heteroatoms. The summed E-state index contributed by atoms with van der Waals surface area (Å²) in [5, 5.41) is 3.95. The first-order valence-corrected chi connectivity index (χ1v) is 16.3. The topological polar surface area (TPSA) is 26.5 Å². The molecule has 0 amide bonds. The van der Waals surface area contributed by atoms with Crippen molar-refractivity contribution in [2.75, 3.05) is 0 Å². The van der Waals surface area contributed by atoms with Crippen LogP contribution in [0.25, 0.3) is 27.5 Å². The Hall–Kier alpha value is -2.31. The molecule has 1 aromatic heterocycles. The molecule has 4 saturated heterocycles. The number of hydrogen-bond acceptors (Lipinski definition) is 2. The van der Waals surface area contributed by atoms with Crippen LogP contribution in [-0.4, -0.2) is 37.0 Å². The van der Waals surface area contributed by atoms with Gasteiger partial charge in [-0.05, 0) is 0 Å². The van der Waals surface area contributed by atoms with Crippen molar-refractivity contribution >= 4 is 104 Å². The summed E-state index contributed by atoms with van der Waals surface area (Å²) >= 11 is -1.61. The molecule has 0 N–H and O–H groups in total. The number of hydrogen-bond donors (Lipinski definition) is 0. The predicted octanol–water partition coefficient (Wildman–Crippen LogP) is 3.72. The van der Waals surface area contributed by atoms with Crippen LogP contribution in [0.4, 0.5) is 2.86 Å². The zero-order valence-electron chi connectivity index (χ0n) is 18.4. The summed E-state index contributed by atoms with van der Waals surface area (Å²) < 4.78 is 28.1. The molecule has 6 aliphatic rings. The second-order valence-electron chi connectivity index (χ2n) is 10.6. The van der Waals surface area contributed by atoms with E-state index < -0.39 is 28.0 Å². The molecule has 0 atom stereocenters. The van der Waals surface area contributed by atoms with E-state index in [2.05, 4.69) is 84.4 Å². The average Bonchev–Trinajstić information content (AvgIpc) is 3.46. The van der Waals surface area contributed by atoms with Gasteiger partial charge in [0.05, 0.1) is 0 Å². The van der Waals surface area contributed by atoms with Gasteiger partial charge in [-0.3, -0.25) is 0 Å². The molecule has 35 heavy (non-hydrogen) atoms. The number of halogens is 2. The van der Waals surface area contributed by atoms with E-state index in [4.69, 9.17) is 7.65 Å². The molecular weight excluding hydrogens is 563 g/mol. The molecule has 2 bridgehead atoms. The molecule has 3 nitrogen and oxygen atoms in total. The van der Waals surface area contributed by atoms with Crippen LogP contribution in [0.2, 0.25) is 0 Å². The van der Waals surface area contributed by atoms with Crippen molar-refractivity contribution in [2.24, 2.45) is 2.92 Å². The van der Waals surface area contributed by atoms with Crippen LogP contribution < -0.4 is 26.4 Å². The Morgan fingerprint density at radius 3 is 2.49 bits per heavy atom. The summed E-state index contributed by atoms with van der Waals surface area (Å²) in [6.45, 7) is 0.0763. The molecule has 6 aliphatic heterocycles. The molecule has 160 valence electrons. The number of aromatic nitrogens is 1. The summed E-state index contributed by atoms with van der Waals surface area (Å²) in [6.07, 6.45) is -0.778. The molecule has 0 unspecified atom stereocenters. The SMILES string of the molecule is FI=NP12(c3ccc4c5ccccc5n5c4c3B3c4ccccc4Oc4cccc-5c43)B3[B-]B1B32. The maximum absolute atomic E-state index is 14.2. The first kappa shape index (κ1) is 18.9. The molecule has 2 radical (unpaired) electrons. The van der Waals surface area contributed by atoms with Crippen LogP contribution in [0, 0.1) is 0 Å². The first-order valence-electron chi connectivity index (χ1n) is 12.1. The Bertz CT molecular complexity index is 1890. The molecule has 0 saturated carbocycles. The average molecular weight is 576 g/mol. The summed E-state index contributed by atoms with van der Waals surface area (Å²) in [5.41, 5.74) is 7.52. The van der Waals surface area contributed by atoms with Crippen molar-refractivity contribution in [3.63, 3.8) is 0 Å². The van der Waals surface area contributed by atoms with E-state index in [1.54, 1.807) is 0 Å². The monoisotopic (exact) mass is 577 g/mol. The van der Waals surface area contributed by atoms with E-state index in [9.17, 15) is 2.86 Å². The standard InChI is InChI=1S/C24H13B5FIN2OP/c30-31-32-35(27-25-28(35)29(27)35)21-13-12-15-14-6-1-3-8-17(14)33-18-9-5-11-20-22(18)26(23(21)24(15)33)16-7-2-4-10-19(16)34-20/h1-13H/q-1. The second-order valence-corrected chi connectivity index (χ2v) is 17.2. The van der Waals surface area contributed by atoms with Crippen molar-refractivity contribution in [1.82, 2.24) is 4.57 Å². The number of rotatable bonds is 2. The zero-order valence-corrected chi connectivity index (χ0v) is 21.5. The van der Waals surface area contributed by atoms with E-state index in [0.717, 1.165) is 11.5 Å². The molecule has 4 fully saturated rings. The molecular formula is C24H13B5FIN2OP-. The summed E-state index contributed by atoms with van der Waals surface area (Å²) in [5.74, 6) is 1.86. The van der Waals surface area contributed by atoms with E-state index in [0.29, 0.717) is 18.6 Å². The van der Waals surface area contributed by atoms with Crippen molar-refractivity contribution in [3.05, 3.63) is 78.9 Å². The van der Waals surface area contributed by atoms with Gasteiger partial charge in [0.2, 0.25) is 0 Å². The summed E-state index contributed by atoms with van der Waals surface area (Å²) in [6, 6.07) is 28.3. The number of benzene rings is 4. The molecule has 0 aliphatic carbocycles. The van der Waals surface area contributed by atoms with Gasteiger partial charge in [0.25, 0.3) is 0 Å². The fraction of sp³-hybridized carbons (Fsp3) is 0. The third kappa shape index (κ3) is 1.71. The third-order valence-corrected chi connectivity index (χ3v) is 19.6. The van der Waals surface area contributed by atoms with Gasteiger partial charge in [-0.25, -0.2) is 0 Å². The van der Waals surface area contributed by atoms with E-state index in [-0.39, 0.29) is 6.71 Å². The minimum atomic E-state index is -2.49. The van der Waals surface area contributed by atoms with Crippen molar-refractivity contribution in [3.8, 4) is 17.2 Å². The minimum absolute atomic E-state index is 0.0763. The quantitative estimate of drug-likeness (QED) is 0.175. The third-order valence-electron chi connectivity index (χ3n) is 9.68. The number of fused-ring (bicyclic) bond motifs is 7. The van der Waals surface area contributed by atoms with Crippen LogP contribution in [0.3, 0.4) is 0 Å². The van der Waals surface area contributed by atoms with Gasteiger partial charge in [-0.1, -0.05) is 0 Å². The van der Waals surface area contributed by atoms with E-state index in [1.807, 2.05) is 6.07 Å². The predicted molar refractivity (Wildman–Crippen MR) is 159 cm³/mol. The Morgan fingerprint density at radius 2 is 1.66 bits per heavy atom. The van der Waals surface area contributed by atoms with Gasteiger partial charge in [-0.2, -0.15) is 0 Å². The van der Waals surface area contributed by atoms with Crippen molar-refractivity contribution in [1.29, 1.82) is 0 Å². The Labute approximate surface area is 214 Å². The zero-order chi connectivity index (χ0) is 22.7. The molecule has 5 aromatic rings. The normalized spacial score (nSPS) is 21.3. The number of ether oxygens (including phenoxy) is 1. The van der Waals surface area contributed by atoms with Crippen LogP contribution in [0.15, 0.2) is 81.8 Å². The van der Waals surface area contributed by atoms with Gasteiger partial charge in [0.1, 0.15) is 0 Å². The van der Waals surface area contributed by atoms with Gasteiger partial charge >= 0.3 is 215 Å². The van der Waals surface area contributed by atoms with E-state index >= 15 is 0 Å². The molecule has 4 aromatic carbocycles. The Kier molecular flexibility index (Phi) is 3.05. The molecule has 11 rings (SSSR count). The maximum atomic E-state index is 14.2. The fourth-order valence-electron chi connectivity index (χ4n) is 8.13. The second kappa shape index (κ2) is 5.65. The summed E-state index contributed by atoms with van der Waals surface area (Å²) in [7, 11) is 2.46. The van der Waals surface area contributed by atoms with Gasteiger partial charge in [-0.15, -0.1) is 0 Å². The van der Waals surface area contributed by atoms with E-state index in [1.165, 1.54) is 49.2 Å². The summed E-state index contributed by atoms with van der Waals surface area (Å²) in [4.78, 5) is 0. The number of para-hydroxylation sites is 2. The number of nitrogens with zero attached hydrogens (tertiary/aromatic N) is 2. The van der Waals surface area contributed by atoms with Crippen molar-refractivity contribution < 1.29 is 7.60 Å². The van der Waals surface area contributed by atoms with Crippen molar-refractivity contribution in [2.45, 2.75) is 0 Å². The Morgan fingerprint density at radius 1 is 0.857 bits per heavy atom. The first-order chi connectivity index (χ1) is 17.3. The molecule has 7 heterocycles. The fourth-order valence-corrected chi connectivity index (χ4v) is 19.9. The van der Waals surface area contributed by atoms with Gasteiger partial charge in [0, 0.05) is 0 Å².